The third kappa shape index (κ3) is 3.56. The highest BCUT2D eigenvalue weighted by Crippen LogP contribution is 2.33. The summed E-state index contributed by atoms with van der Waals surface area (Å²) in [5.41, 5.74) is 3.12. The quantitative estimate of drug-likeness (QED) is 0.911. The average molecular weight is 351 g/mol. The van der Waals surface area contributed by atoms with Gasteiger partial charge in [0.1, 0.15) is 6.07 Å². The zero-order valence-electron chi connectivity index (χ0n) is 15.1. The molecule has 2 aromatic heterocycles. The molecule has 26 heavy (non-hydrogen) atoms. The fraction of sp³-hybridized carbons (Fsp3) is 0.579. The number of hydrogen-bond donors (Lipinski definition) is 1. The summed E-state index contributed by atoms with van der Waals surface area (Å²) in [6.45, 7) is 4.59. The van der Waals surface area contributed by atoms with Crippen LogP contribution in [0.4, 0.5) is 5.82 Å². The lowest BCUT2D eigenvalue weighted by molar-refractivity contribution is 0.247. The van der Waals surface area contributed by atoms with Crippen LogP contribution < -0.4 is 4.90 Å². The average Bonchev–Trinajstić information content (AvgIpc) is 3.17. The molecule has 1 aliphatic carbocycles. The molecule has 1 saturated heterocycles. The summed E-state index contributed by atoms with van der Waals surface area (Å²) >= 11 is 0. The molecule has 2 fully saturated rings. The number of nitrogens with one attached hydrogen (secondary N) is 1. The second-order valence-corrected chi connectivity index (χ2v) is 7.25. The third-order valence-corrected chi connectivity index (χ3v) is 5.62. The Kier molecular flexibility index (Phi) is 5.12. The van der Waals surface area contributed by atoms with E-state index in [2.05, 4.69) is 36.0 Å². The largest absolute Gasteiger partial charge is 0.352 e. The van der Waals surface area contributed by atoms with Crippen molar-refractivity contribution in [2.24, 2.45) is 0 Å². The van der Waals surface area contributed by atoms with Crippen LogP contribution in [0.25, 0.3) is 0 Å². The number of aromatic amines is 1. The van der Waals surface area contributed by atoms with Crippen molar-refractivity contribution < 1.29 is 0 Å². The number of piperazine rings is 1. The van der Waals surface area contributed by atoms with Gasteiger partial charge in [0.2, 0.25) is 0 Å². The van der Waals surface area contributed by atoms with Gasteiger partial charge in [-0.1, -0.05) is 19.3 Å². The molecule has 0 spiro atoms. The van der Waals surface area contributed by atoms with E-state index >= 15 is 0 Å². The van der Waals surface area contributed by atoms with Gasteiger partial charge in [-0.05, 0) is 12.8 Å². The summed E-state index contributed by atoms with van der Waals surface area (Å²) in [5, 5.41) is 16.8. The molecule has 0 aromatic carbocycles. The van der Waals surface area contributed by atoms with Crippen molar-refractivity contribution in [2.75, 3.05) is 31.1 Å². The van der Waals surface area contributed by atoms with E-state index in [1.807, 2.05) is 6.20 Å². The second-order valence-electron chi connectivity index (χ2n) is 7.25. The third-order valence-electron chi connectivity index (χ3n) is 5.62. The molecule has 7 nitrogen and oxygen atoms in total. The van der Waals surface area contributed by atoms with E-state index in [1.165, 1.54) is 43.4 Å². The van der Waals surface area contributed by atoms with E-state index in [-0.39, 0.29) is 0 Å². The molecule has 0 unspecified atom stereocenters. The van der Waals surface area contributed by atoms with Crippen LogP contribution in [-0.4, -0.2) is 51.2 Å². The standard InChI is InChI=1S/C19H25N7/c20-12-17-19(22-7-6-21-17)26-10-8-25(9-11-26)14-16-13-23-24-18(16)15-4-2-1-3-5-15/h6-7,13,15H,1-5,8-11,14H2,(H,23,24). The van der Waals surface area contributed by atoms with E-state index < -0.39 is 0 Å². The van der Waals surface area contributed by atoms with Crippen molar-refractivity contribution in [1.29, 1.82) is 5.26 Å². The van der Waals surface area contributed by atoms with Gasteiger partial charge in [0, 0.05) is 62.3 Å². The maximum Gasteiger partial charge on any atom is 0.183 e. The molecule has 0 amide bonds. The van der Waals surface area contributed by atoms with Crippen LogP contribution in [-0.2, 0) is 6.54 Å². The zero-order chi connectivity index (χ0) is 17.8. The Hall–Kier alpha value is -2.46. The summed E-state index contributed by atoms with van der Waals surface area (Å²) < 4.78 is 0. The van der Waals surface area contributed by atoms with Gasteiger partial charge >= 0.3 is 0 Å². The smallest absolute Gasteiger partial charge is 0.183 e. The maximum absolute atomic E-state index is 9.23. The number of rotatable bonds is 4. The first-order valence-corrected chi connectivity index (χ1v) is 9.55. The minimum atomic E-state index is 0.412. The molecule has 7 heteroatoms. The van der Waals surface area contributed by atoms with Crippen molar-refractivity contribution in [3.05, 3.63) is 35.5 Å². The molecule has 0 bridgehead atoms. The summed E-state index contributed by atoms with van der Waals surface area (Å²) in [7, 11) is 0. The van der Waals surface area contributed by atoms with E-state index in [1.54, 1.807) is 12.4 Å². The van der Waals surface area contributed by atoms with Crippen molar-refractivity contribution in [3.8, 4) is 6.07 Å². The van der Waals surface area contributed by atoms with Crippen LogP contribution in [0, 0.1) is 11.3 Å². The first-order valence-electron chi connectivity index (χ1n) is 9.55. The van der Waals surface area contributed by atoms with Gasteiger partial charge in [-0.3, -0.25) is 10.00 Å². The lowest BCUT2D eigenvalue weighted by Crippen LogP contribution is -2.46. The first-order chi connectivity index (χ1) is 12.8. The normalized spacial score (nSPS) is 19.4. The van der Waals surface area contributed by atoms with Gasteiger partial charge in [0.05, 0.1) is 6.20 Å². The molecule has 1 saturated carbocycles. The molecular formula is C19H25N7. The van der Waals surface area contributed by atoms with Crippen LogP contribution in [0.2, 0.25) is 0 Å². The van der Waals surface area contributed by atoms with Crippen molar-refractivity contribution >= 4 is 5.82 Å². The van der Waals surface area contributed by atoms with E-state index in [4.69, 9.17) is 0 Å². The Morgan fingerprint density at radius 3 is 2.62 bits per heavy atom. The minimum absolute atomic E-state index is 0.412. The molecule has 0 radical (unpaired) electrons. The number of anilines is 1. The summed E-state index contributed by atoms with van der Waals surface area (Å²) in [6.07, 6.45) is 11.8. The number of H-pyrrole nitrogens is 1. The monoisotopic (exact) mass is 351 g/mol. The highest BCUT2D eigenvalue weighted by Gasteiger charge is 2.24. The van der Waals surface area contributed by atoms with E-state index in [0.717, 1.165) is 32.7 Å². The van der Waals surface area contributed by atoms with Gasteiger partial charge in [-0.2, -0.15) is 10.4 Å². The van der Waals surface area contributed by atoms with Gasteiger partial charge in [0.25, 0.3) is 0 Å². The molecule has 1 N–H and O–H groups in total. The second kappa shape index (κ2) is 7.83. The van der Waals surface area contributed by atoms with Gasteiger partial charge in [-0.25, -0.2) is 9.97 Å². The van der Waals surface area contributed by atoms with Gasteiger partial charge in [-0.15, -0.1) is 0 Å². The lowest BCUT2D eigenvalue weighted by atomic mass is 9.85. The van der Waals surface area contributed by atoms with Crippen LogP contribution >= 0.6 is 0 Å². The lowest BCUT2D eigenvalue weighted by Gasteiger charge is -2.35. The molecular weight excluding hydrogens is 326 g/mol. The van der Waals surface area contributed by atoms with E-state index in [9.17, 15) is 5.26 Å². The topological polar surface area (TPSA) is 84.7 Å². The molecule has 2 aromatic rings. The van der Waals surface area contributed by atoms with Crippen LogP contribution in [0.3, 0.4) is 0 Å². The fourth-order valence-electron chi connectivity index (χ4n) is 4.19. The molecule has 4 rings (SSSR count). The first kappa shape index (κ1) is 17.0. The summed E-state index contributed by atoms with van der Waals surface area (Å²) in [5.74, 6) is 1.36. The van der Waals surface area contributed by atoms with Gasteiger partial charge < -0.3 is 4.90 Å². The summed E-state index contributed by atoms with van der Waals surface area (Å²) in [4.78, 5) is 13.1. The van der Waals surface area contributed by atoms with Gasteiger partial charge in [0.15, 0.2) is 11.5 Å². The minimum Gasteiger partial charge on any atom is -0.352 e. The number of aromatic nitrogens is 4. The fourth-order valence-corrected chi connectivity index (χ4v) is 4.19. The van der Waals surface area contributed by atoms with Crippen LogP contribution in [0.15, 0.2) is 18.6 Å². The Bertz CT molecular complexity index is 764. The molecule has 2 aliphatic rings. The predicted molar refractivity (Wildman–Crippen MR) is 98.7 cm³/mol. The number of nitriles is 1. The van der Waals surface area contributed by atoms with Crippen molar-refractivity contribution in [2.45, 2.75) is 44.6 Å². The maximum atomic E-state index is 9.23. The van der Waals surface area contributed by atoms with Crippen LogP contribution in [0.1, 0.15) is 55.0 Å². The Morgan fingerprint density at radius 1 is 1.08 bits per heavy atom. The SMILES string of the molecule is N#Cc1nccnc1N1CCN(Cc2cn[nH]c2C2CCCCC2)CC1. The molecule has 3 heterocycles. The molecule has 1 aliphatic heterocycles. The Labute approximate surface area is 154 Å². The predicted octanol–water partition coefficient (Wildman–Crippen LogP) is 2.44. The highest BCUT2D eigenvalue weighted by atomic mass is 15.3. The highest BCUT2D eigenvalue weighted by molar-refractivity contribution is 5.49. The Morgan fingerprint density at radius 2 is 1.85 bits per heavy atom. The van der Waals surface area contributed by atoms with E-state index in [0.29, 0.717) is 17.4 Å². The zero-order valence-corrected chi connectivity index (χ0v) is 15.1. The Balaban J connectivity index is 1.38. The number of nitrogens with zero attached hydrogens (tertiary/aromatic N) is 6. The molecule has 136 valence electrons. The molecule has 0 atom stereocenters. The van der Waals surface area contributed by atoms with Crippen molar-refractivity contribution in [1.82, 2.24) is 25.1 Å². The summed E-state index contributed by atoms with van der Waals surface area (Å²) in [6, 6.07) is 2.14. The number of hydrogen-bond acceptors (Lipinski definition) is 6. The van der Waals surface area contributed by atoms with Crippen molar-refractivity contribution in [3.63, 3.8) is 0 Å². The van der Waals surface area contributed by atoms with Crippen LogP contribution in [0.5, 0.6) is 0 Å².